The van der Waals surface area contributed by atoms with Crippen molar-refractivity contribution in [3.63, 3.8) is 0 Å². The van der Waals surface area contributed by atoms with E-state index in [1.165, 1.54) is 64.2 Å². The predicted molar refractivity (Wildman–Crippen MR) is 135 cm³/mol. The first kappa shape index (κ1) is 31.4. The molecule has 5 heteroatoms. The first-order valence-corrected chi connectivity index (χ1v) is 13.8. The standard InChI is InChI=1S/C27H55NO4/c1-3-5-7-9-11-13-18-24-32-27(31)20-16-14-15-19-26(30)25-28(22-23-29)21-17-12-10-8-6-4-2/h26,29-30H,3-25H2,1-2H3. The van der Waals surface area contributed by atoms with Crippen molar-refractivity contribution in [1.82, 2.24) is 4.90 Å². The van der Waals surface area contributed by atoms with E-state index in [0.29, 0.717) is 26.1 Å². The maximum atomic E-state index is 11.8. The molecule has 0 aromatic heterocycles. The van der Waals surface area contributed by atoms with Crippen LogP contribution in [0.4, 0.5) is 0 Å². The normalized spacial score (nSPS) is 12.4. The Bertz CT molecular complexity index is 392. The van der Waals surface area contributed by atoms with Gasteiger partial charge in [0.05, 0.1) is 19.3 Å². The van der Waals surface area contributed by atoms with Crippen LogP contribution in [-0.4, -0.2) is 60.0 Å². The van der Waals surface area contributed by atoms with Gasteiger partial charge in [0.15, 0.2) is 0 Å². The van der Waals surface area contributed by atoms with Gasteiger partial charge >= 0.3 is 5.97 Å². The van der Waals surface area contributed by atoms with Gasteiger partial charge in [-0.15, -0.1) is 0 Å². The first-order chi connectivity index (χ1) is 15.6. The second-order valence-corrected chi connectivity index (χ2v) is 9.39. The predicted octanol–water partition coefficient (Wildman–Crippen LogP) is 6.25. The smallest absolute Gasteiger partial charge is 0.305 e. The molecular weight excluding hydrogens is 402 g/mol. The van der Waals surface area contributed by atoms with E-state index in [-0.39, 0.29) is 18.7 Å². The molecule has 0 fully saturated rings. The van der Waals surface area contributed by atoms with E-state index in [1.54, 1.807) is 0 Å². The van der Waals surface area contributed by atoms with Crippen LogP contribution in [0.5, 0.6) is 0 Å². The molecule has 0 aromatic rings. The third kappa shape index (κ3) is 22.5. The molecule has 192 valence electrons. The maximum absolute atomic E-state index is 11.8. The molecule has 0 saturated carbocycles. The monoisotopic (exact) mass is 457 g/mol. The lowest BCUT2D eigenvalue weighted by Gasteiger charge is -2.24. The van der Waals surface area contributed by atoms with E-state index in [0.717, 1.165) is 51.5 Å². The number of rotatable bonds is 25. The minimum Gasteiger partial charge on any atom is -0.466 e. The number of esters is 1. The zero-order valence-corrected chi connectivity index (χ0v) is 21.5. The highest BCUT2D eigenvalue weighted by Gasteiger charge is 2.11. The quantitative estimate of drug-likeness (QED) is 0.125. The highest BCUT2D eigenvalue weighted by Crippen LogP contribution is 2.11. The minimum absolute atomic E-state index is 0.0791. The number of hydrogen-bond acceptors (Lipinski definition) is 5. The highest BCUT2D eigenvalue weighted by atomic mass is 16.5. The second-order valence-electron chi connectivity index (χ2n) is 9.39. The Kier molecular flexibility index (Phi) is 24.5. The van der Waals surface area contributed by atoms with Crippen LogP contribution in [0.25, 0.3) is 0 Å². The second kappa shape index (κ2) is 25.0. The van der Waals surface area contributed by atoms with E-state index in [2.05, 4.69) is 18.7 Å². The van der Waals surface area contributed by atoms with Crippen molar-refractivity contribution < 1.29 is 19.7 Å². The fraction of sp³-hybridized carbons (Fsp3) is 0.963. The number of carbonyl (C=O) groups excluding carboxylic acids is 1. The number of carbonyl (C=O) groups is 1. The summed E-state index contributed by atoms with van der Waals surface area (Å²) in [5.74, 6) is -0.0791. The van der Waals surface area contributed by atoms with Crippen LogP contribution in [0.1, 0.15) is 129 Å². The number of ether oxygens (including phenoxy) is 1. The maximum Gasteiger partial charge on any atom is 0.305 e. The van der Waals surface area contributed by atoms with Crippen LogP contribution in [0.2, 0.25) is 0 Å². The Morgan fingerprint density at radius 3 is 1.94 bits per heavy atom. The Morgan fingerprint density at radius 1 is 0.750 bits per heavy atom. The summed E-state index contributed by atoms with van der Waals surface area (Å²) < 4.78 is 5.33. The van der Waals surface area contributed by atoms with Gasteiger partial charge in [0.1, 0.15) is 0 Å². The van der Waals surface area contributed by atoms with E-state index < -0.39 is 0 Å². The fourth-order valence-corrected chi connectivity index (χ4v) is 4.08. The van der Waals surface area contributed by atoms with Gasteiger partial charge in [-0.05, 0) is 32.2 Å². The molecule has 0 radical (unpaired) electrons. The number of nitrogens with zero attached hydrogens (tertiary/aromatic N) is 1. The van der Waals surface area contributed by atoms with Gasteiger partial charge in [-0.3, -0.25) is 9.69 Å². The molecular formula is C27H55NO4. The van der Waals surface area contributed by atoms with Crippen LogP contribution in [0.15, 0.2) is 0 Å². The lowest BCUT2D eigenvalue weighted by molar-refractivity contribution is -0.143. The molecule has 0 saturated heterocycles. The fourth-order valence-electron chi connectivity index (χ4n) is 4.08. The number of aliphatic hydroxyl groups excluding tert-OH is 2. The van der Waals surface area contributed by atoms with Crippen LogP contribution >= 0.6 is 0 Å². The summed E-state index contributed by atoms with van der Waals surface area (Å²) in [6, 6.07) is 0. The van der Waals surface area contributed by atoms with Crippen LogP contribution in [0.3, 0.4) is 0 Å². The average Bonchev–Trinajstić information content (AvgIpc) is 2.77. The summed E-state index contributed by atoms with van der Waals surface area (Å²) in [6.07, 6.45) is 19.7. The zero-order valence-electron chi connectivity index (χ0n) is 21.5. The van der Waals surface area contributed by atoms with Crippen LogP contribution < -0.4 is 0 Å². The summed E-state index contributed by atoms with van der Waals surface area (Å²) in [6.45, 7) is 7.38. The van der Waals surface area contributed by atoms with Crippen molar-refractivity contribution >= 4 is 5.97 Å². The van der Waals surface area contributed by atoms with Gasteiger partial charge in [0.2, 0.25) is 0 Å². The molecule has 5 nitrogen and oxygen atoms in total. The highest BCUT2D eigenvalue weighted by molar-refractivity contribution is 5.69. The van der Waals surface area contributed by atoms with Gasteiger partial charge in [-0.1, -0.05) is 97.3 Å². The molecule has 0 rings (SSSR count). The van der Waals surface area contributed by atoms with E-state index in [9.17, 15) is 15.0 Å². The van der Waals surface area contributed by atoms with Crippen LogP contribution in [-0.2, 0) is 9.53 Å². The van der Waals surface area contributed by atoms with Crippen LogP contribution in [0, 0.1) is 0 Å². The topological polar surface area (TPSA) is 70.0 Å². The SMILES string of the molecule is CCCCCCCCCOC(=O)CCCCCC(O)CN(CCO)CCCCCCCC. The van der Waals surface area contributed by atoms with E-state index in [1.807, 2.05) is 0 Å². The van der Waals surface area contributed by atoms with E-state index in [4.69, 9.17) is 4.74 Å². The van der Waals surface area contributed by atoms with Crippen molar-refractivity contribution in [2.24, 2.45) is 0 Å². The minimum atomic E-state index is -0.356. The Labute approximate surface area is 199 Å². The average molecular weight is 458 g/mol. The number of unbranched alkanes of at least 4 members (excludes halogenated alkanes) is 13. The molecule has 0 aliphatic carbocycles. The van der Waals surface area contributed by atoms with Gasteiger partial charge in [0.25, 0.3) is 0 Å². The molecule has 32 heavy (non-hydrogen) atoms. The molecule has 1 atom stereocenters. The molecule has 0 aliphatic heterocycles. The molecule has 1 unspecified atom stereocenters. The van der Waals surface area contributed by atoms with Crippen molar-refractivity contribution in [3.8, 4) is 0 Å². The summed E-state index contributed by atoms with van der Waals surface area (Å²) >= 11 is 0. The third-order valence-electron chi connectivity index (χ3n) is 6.14. The summed E-state index contributed by atoms with van der Waals surface area (Å²) in [4.78, 5) is 14.0. The Balaban J connectivity index is 3.63. The molecule has 0 aromatic carbocycles. The van der Waals surface area contributed by atoms with Crippen molar-refractivity contribution in [2.75, 3.05) is 32.8 Å². The summed E-state index contributed by atoms with van der Waals surface area (Å²) in [7, 11) is 0. The molecule has 0 spiro atoms. The lowest BCUT2D eigenvalue weighted by atomic mass is 10.1. The number of aliphatic hydroxyl groups is 2. The molecule has 0 bridgehead atoms. The van der Waals surface area contributed by atoms with Crippen molar-refractivity contribution in [2.45, 2.75) is 136 Å². The molecule has 0 aliphatic rings. The van der Waals surface area contributed by atoms with Crippen molar-refractivity contribution in [3.05, 3.63) is 0 Å². The molecule has 2 N–H and O–H groups in total. The van der Waals surface area contributed by atoms with Gasteiger partial charge in [0, 0.05) is 19.5 Å². The Morgan fingerprint density at radius 2 is 1.31 bits per heavy atom. The summed E-state index contributed by atoms with van der Waals surface area (Å²) in [5, 5.41) is 19.6. The van der Waals surface area contributed by atoms with Gasteiger partial charge in [-0.2, -0.15) is 0 Å². The first-order valence-electron chi connectivity index (χ1n) is 13.8. The van der Waals surface area contributed by atoms with E-state index >= 15 is 0 Å². The van der Waals surface area contributed by atoms with Gasteiger partial charge < -0.3 is 14.9 Å². The number of hydrogen-bond donors (Lipinski definition) is 2. The zero-order chi connectivity index (χ0) is 23.7. The third-order valence-corrected chi connectivity index (χ3v) is 6.14. The molecule has 0 heterocycles. The van der Waals surface area contributed by atoms with Gasteiger partial charge in [-0.25, -0.2) is 0 Å². The molecule has 0 amide bonds. The summed E-state index contributed by atoms with van der Waals surface area (Å²) in [5.41, 5.74) is 0. The Hall–Kier alpha value is -0.650. The van der Waals surface area contributed by atoms with Crippen molar-refractivity contribution in [1.29, 1.82) is 0 Å². The largest absolute Gasteiger partial charge is 0.466 e. The lowest BCUT2D eigenvalue weighted by Crippen LogP contribution is -2.35.